The van der Waals surface area contributed by atoms with Gasteiger partial charge in [-0.15, -0.1) is 11.8 Å². The van der Waals surface area contributed by atoms with Gasteiger partial charge >= 0.3 is 0 Å². The van der Waals surface area contributed by atoms with Gasteiger partial charge in [-0.25, -0.2) is 4.39 Å². The Balaban J connectivity index is 1.70. The zero-order valence-corrected chi connectivity index (χ0v) is 14.6. The molecule has 1 aliphatic rings. The number of thiocarbonyl (C=S) groups is 1. The third-order valence-corrected chi connectivity index (χ3v) is 4.74. The first-order valence-electron chi connectivity index (χ1n) is 7.36. The molecule has 124 valence electrons. The van der Waals surface area contributed by atoms with Gasteiger partial charge in [0.1, 0.15) is 11.6 Å². The standard InChI is InChI=1S/C17H16FN3OS2/c1-22-13-4-2-3-12(10-13)19-17(23)21-20-15-7-8-24-16-6-5-11(18)9-14(15)16/h2-6,9-10H,7-8H2,1H3,(H2,19,21,23)/b20-15-. The minimum atomic E-state index is -0.263. The number of benzene rings is 2. The molecule has 0 amide bonds. The largest absolute Gasteiger partial charge is 0.497 e. The lowest BCUT2D eigenvalue weighted by Crippen LogP contribution is -2.26. The predicted octanol–water partition coefficient (Wildman–Crippen LogP) is 4.02. The van der Waals surface area contributed by atoms with Gasteiger partial charge in [-0.1, -0.05) is 6.07 Å². The molecule has 2 aromatic carbocycles. The molecular weight excluding hydrogens is 345 g/mol. The highest BCUT2D eigenvalue weighted by atomic mass is 32.2. The molecule has 7 heteroatoms. The Hall–Kier alpha value is -2.12. The number of hydrogen-bond donors (Lipinski definition) is 2. The van der Waals surface area contributed by atoms with Crippen LogP contribution in [0.5, 0.6) is 5.75 Å². The fourth-order valence-electron chi connectivity index (χ4n) is 2.34. The first-order valence-corrected chi connectivity index (χ1v) is 8.75. The molecule has 0 spiro atoms. The van der Waals surface area contributed by atoms with Crippen LogP contribution in [0, 0.1) is 5.82 Å². The van der Waals surface area contributed by atoms with E-state index in [0.29, 0.717) is 5.11 Å². The smallest absolute Gasteiger partial charge is 0.191 e. The van der Waals surface area contributed by atoms with E-state index in [1.807, 2.05) is 24.3 Å². The number of methoxy groups -OCH3 is 1. The molecule has 0 aliphatic carbocycles. The van der Waals surface area contributed by atoms with Gasteiger partial charge in [0.2, 0.25) is 0 Å². The van der Waals surface area contributed by atoms with Crippen LogP contribution in [0.2, 0.25) is 0 Å². The molecule has 3 rings (SSSR count). The zero-order chi connectivity index (χ0) is 16.9. The molecule has 0 atom stereocenters. The quantitative estimate of drug-likeness (QED) is 0.639. The lowest BCUT2D eigenvalue weighted by molar-refractivity contribution is 0.415. The summed E-state index contributed by atoms with van der Waals surface area (Å²) in [7, 11) is 1.61. The topological polar surface area (TPSA) is 45.6 Å². The Labute approximate surface area is 149 Å². The summed E-state index contributed by atoms with van der Waals surface area (Å²) < 4.78 is 18.7. The molecule has 0 saturated heterocycles. The van der Waals surface area contributed by atoms with Crippen LogP contribution in [0.1, 0.15) is 12.0 Å². The van der Waals surface area contributed by atoms with Crippen molar-refractivity contribution in [3.8, 4) is 5.75 Å². The molecule has 24 heavy (non-hydrogen) atoms. The van der Waals surface area contributed by atoms with E-state index in [-0.39, 0.29) is 5.82 Å². The van der Waals surface area contributed by atoms with Gasteiger partial charge in [-0.05, 0) is 42.5 Å². The lowest BCUT2D eigenvalue weighted by atomic mass is 10.1. The number of nitrogens with zero attached hydrogens (tertiary/aromatic N) is 1. The van der Waals surface area contributed by atoms with Crippen LogP contribution < -0.4 is 15.5 Å². The minimum absolute atomic E-state index is 0.263. The molecule has 1 heterocycles. The van der Waals surface area contributed by atoms with Crippen molar-refractivity contribution in [1.29, 1.82) is 0 Å². The van der Waals surface area contributed by atoms with Crippen LogP contribution in [0.15, 0.2) is 52.5 Å². The summed E-state index contributed by atoms with van der Waals surface area (Å²) in [6.45, 7) is 0. The number of rotatable bonds is 3. The number of fused-ring (bicyclic) bond motifs is 1. The first-order chi connectivity index (χ1) is 11.7. The SMILES string of the molecule is COc1cccc(NC(=S)N/N=C2/CCSc3ccc(F)cc32)c1. The van der Waals surface area contributed by atoms with Crippen LogP contribution >= 0.6 is 24.0 Å². The average molecular weight is 361 g/mol. The summed E-state index contributed by atoms with van der Waals surface area (Å²) in [5.41, 5.74) is 5.26. The van der Waals surface area contributed by atoms with E-state index in [4.69, 9.17) is 17.0 Å². The summed E-state index contributed by atoms with van der Waals surface area (Å²) in [5.74, 6) is 1.39. The zero-order valence-electron chi connectivity index (χ0n) is 13.0. The molecule has 0 radical (unpaired) electrons. The van der Waals surface area contributed by atoms with Crippen molar-refractivity contribution in [3.63, 3.8) is 0 Å². The normalized spacial score (nSPS) is 14.8. The maximum absolute atomic E-state index is 13.5. The fraction of sp³-hybridized carbons (Fsp3) is 0.176. The third kappa shape index (κ3) is 4.04. The van der Waals surface area contributed by atoms with E-state index in [1.54, 1.807) is 24.9 Å². The van der Waals surface area contributed by atoms with Gasteiger partial charge in [0.05, 0.1) is 12.8 Å². The number of thioether (sulfide) groups is 1. The van der Waals surface area contributed by atoms with Crippen molar-refractivity contribution in [2.45, 2.75) is 11.3 Å². The van der Waals surface area contributed by atoms with Crippen molar-refractivity contribution in [2.75, 3.05) is 18.2 Å². The molecule has 0 aromatic heterocycles. The second kappa shape index (κ2) is 7.63. The maximum atomic E-state index is 13.5. The first kappa shape index (κ1) is 16.7. The van der Waals surface area contributed by atoms with Crippen LogP contribution in [-0.4, -0.2) is 23.7 Å². The molecule has 0 fully saturated rings. The Morgan fingerprint density at radius 3 is 3.00 bits per heavy atom. The number of anilines is 1. The second-order valence-electron chi connectivity index (χ2n) is 5.10. The van der Waals surface area contributed by atoms with Crippen LogP contribution in [-0.2, 0) is 0 Å². The van der Waals surface area contributed by atoms with Gasteiger partial charge in [0.25, 0.3) is 0 Å². The lowest BCUT2D eigenvalue weighted by Gasteiger charge is -2.17. The molecule has 2 aromatic rings. The van der Waals surface area contributed by atoms with E-state index in [2.05, 4.69) is 15.8 Å². The average Bonchev–Trinajstić information content (AvgIpc) is 2.60. The monoisotopic (exact) mass is 361 g/mol. The van der Waals surface area contributed by atoms with Gasteiger partial charge in [0, 0.05) is 34.4 Å². The molecule has 0 saturated carbocycles. The molecular formula is C17H16FN3OS2. The highest BCUT2D eigenvalue weighted by molar-refractivity contribution is 7.99. The van der Waals surface area contributed by atoms with Crippen LogP contribution in [0.25, 0.3) is 0 Å². The van der Waals surface area contributed by atoms with Crippen LogP contribution in [0.4, 0.5) is 10.1 Å². The number of ether oxygens (including phenoxy) is 1. The predicted molar refractivity (Wildman–Crippen MR) is 101 cm³/mol. The summed E-state index contributed by atoms with van der Waals surface area (Å²) in [5, 5.41) is 7.77. The van der Waals surface area contributed by atoms with Crippen molar-refractivity contribution in [2.24, 2.45) is 5.10 Å². The molecule has 0 bridgehead atoms. The van der Waals surface area contributed by atoms with E-state index >= 15 is 0 Å². The number of nitrogens with one attached hydrogen (secondary N) is 2. The van der Waals surface area contributed by atoms with E-state index in [0.717, 1.165) is 39.8 Å². The van der Waals surface area contributed by atoms with Crippen molar-refractivity contribution < 1.29 is 9.13 Å². The van der Waals surface area contributed by atoms with Gasteiger partial charge in [-0.2, -0.15) is 5.10 Å². The summed E-state index contributed by atoms with van der Waals surface area (Å²) in [6.07, 6.45) is 0.760. The van der Waals surface area contributed by atoms with Gasteiger partial charge in [0.15, 0.2) is 5.11 Å². The number of hydrogen-bond acceptors (Lipinski definition) is 4. The second-order valence-corrected chi connectivity index (χ2v) is 6.64. The van der Waals surface area contributed by atoms with Gasteiger partial charge < -0.3 is 10.1 Å². The number of halogens is 1. The summed E-state index contributed by atoms with van der Waals surface area (Å²) in [4.78, 5) is 1.04. The Bertz CT molecular complexity index is 795. The highest BCUT2D eigenvalue weighted by Crippen LogP contribution is 2.30. The maximum Gasteiger partial charge on any atom is 0.191 e. The molecule has 0 unspecified atom stereocenters. The molecule has 4 nitrogen and oxygen atoms in total. The Morgan fingerprint density at radius 1 is 1.29 bits per heavy atom. The van der Waals surface area contributed by atoms with Gasteiger partial charge in [-0.3, -0.25) is 5.43 Å². The number of hydrazone groups is 1. The minimum Gasteiger partial charge on any atom is -0.497 e. The Morgan fingerprint density at radius 2 is 2.17 bits per heavy atom. The van der Waals surface area contributed by atoms with Crippen molar-refractivity contribution in [1.82, 2.24) is 5.43 Å². The van der Waals surface area contributed by atoms with Crippen LogP contribution in [0.3, 0.4) is 0 Å². The Kier molecular flexibility index (Phi) is 5.32. The fourth-order valence-corrected chi connectivity index (χ4v) is 3.52. The molecule has 2 N–H and O–H groups in total. The summed E-state index contributed by atoms with van der Waals surface area (Å²) >= 11 is 6.96. The van der Waals surface area contributed by atoms with E-state index in [9.17, 15) is 4.39 Å². The van der Waals surface area contributed by atoms with E-state index in [1.165, 1.54) is 12.1 Å². The summed E-state index contributed by atoms with van der Waals surface area (Å²) in [6, 6.07) is 12.2. The third-order valence-electron chi connectivity index (χ3n) is 3.47. The molecule has 1 aliphatic heterocycles. The highest BCUT2D eigenvalue weighted by Gasteiger charge is 2.17. The van der Waals surface area contributed by atoms with Crippen molar-refractivity contribution in [3.05, 3.63) is 53.8 Å². The van der Waals surface area contributed by atoms with E-state index < -0.39 is 0 Å². The van der Waals surface area contributed by atoms with Crippen molar-refractivity contribution >= 4 is 40.5 Å².